The zero-order chi connectivity index (χ0) is 15.9. The molecular formula is C16H19N3O3. The second-order valence-corrected chi connectivity index (χ2v) is 4.37. The number of azo groups is 1. The number of para-hydroxylation sites is 1. The number of nitrogens with zero attached hydrogens (tertiary/aromatic N) is 2. The van der Waals surface area contributed by atoms with Gasteiger partial charge in [0.05, 0.1) is 26.5 Å². The van der Waals surface area contributed by atoms with E-state index in [1.54, 1.807) is 26.4 Å². The molecule has 0 saturated heterocycles. The van der Waals surface area contributed by atoms with Gasteiger partial charge >= 0.3 is 0 Å². The van der Waals surface area contributed by atoms with Gasteiger partial charge in [0.15, 0.2) is 0 Å². The summed E-state index contributed by atoms with van der Waals surface area (Å²) < 4.78 is 16.0. The van der Waals surface area contributed by atoms with Crippen LogP contribution >= 0.6 is 0 Å². The first-order valence-electron chi connectivity index (χ1n) is 6.84. The third-order valence-electron chi connectivity index (χ3n) is 2.96. The zero-order valence-corrected chi connectivity index (χ0v) is 12.9. The minimum atomic E-state index is 0.480. The fourth-order valence-corrected chi connectivity index (χ4v) is 1.91. The molecule has 0 aliphatic carbocycles. The molecule has 0 bridgehead atoms. The van der Waals surface area contributed by atoms with Crippen molar-refractivity contribution in [2.75, 3.05) is 26.6 Å². The van der Waals surface area contributed by atoms with E-state index in [9.17, 15) is 0 Å². The number of nitrogens with two attached hydrogens (primary N) is 1. The highest BCUT2D eigenvalue weighted by molar-refractivity contribution is 5.67. The van der Waals surface area contributed by atoms with Gasteiger partial charge in [-0.25, -0.2) is 0 Å². The van der Waals surface area contributed by atoms with Crippen LogP contribution in [0.1, 0.15) is 6.92 Å². The van der Waals surface area contributed by atoms with E-state index in [1.165, 1.54) is 0 Å². The Balaban J connectivity index is 2.37. The van der Waals surface area contributed by atoms with E-state index in [1.807, 2.05) is 31.2 Å². The molecular weight excluding hydrogens is 282 g/mol. The summed E-state index contributed by atoms with van der Waals surface area (Å²) in [6.45, 7) is 2.48. The molecule has 0 radical (unpaired) electrons. The van der Waals surface area contributed by atoms with E-state index in [0.29, 0.717) is 40.9 Å². The van der Waals surface area contributed by atoms with Crippen LogP contribution in [-0.2, 0) is 0 Å². The van der Waals surface area contributed by atoms with Gasteiger partial charge < -0.3 is 19.9 Å². The fraction of sp³-hybridized carbons (Fsp3) is 0.250. The van der Waals surface area contributed by atoms with Crippen LogP contribution in [0.5, 0.6) is 17.2 Å². The molecule has 0 amide bonds. The van der Waals surface area contributed by atoms with E-state index >= 15 is 0 Å². The number of benzene rings is 2. The van der Waals surface area contributed by atoms with Gasteiger partial charge in [-0.15, -0.1) is 10.2 Å². The lowest BCUT2D eigenvalue weighted by Crippen LogP contribution is -1.94. The van der Waals surface area contributed by atoms with Crippen molar-refractivity contribution in [3.05, 3.63) is 36.4 Å². The monoisotopic (exact) mass is 301 g/mol. The average Bonchev–Trinajstić information content (AvgIpc) is 2.54. The molecule has 2 aromatic rings. The Morgan fingerprint density at radius 2 is 1.59 bits per heavy atom. The Hall–Kier alpha value is -2.76. The topological polar surface area (TPSA) is 78.4 Å². The van der Waals surface area contributed by atoms with Crippen LogP contribution in [0.25, 0.3) is 0 Å². The van der Waals surface area contributed by atoms with Crippen molar-refractivity contribution in [3.8, 4) is 17.2 Å². The summed E-state index contributed by atoms with van der Waals surface area (Å²) in [5.74, 6) is 1.72. The molecule has 0 fully saturated rings. The number of hydrogen-bond acceptors (Lipinski definition) is 6. The molecule has 0 aliphatic rings. The summed E-state index contributed by atoms with van der Waals surface area (Å²) >= 11 is 0. The number of ether oxygens (including phenoxy) is 3. The Bertz CT molecular complexity index is 672. The Morgan fingerprint density at radius 1 is 0.909 bits per heavy atom. The molecule has 116 valence electrons. The van der Waals surface area contributed by atoms with Crippen molar-refractivity contribution < 1.29 is 14.2 Å². The van der Waals surface area contributed by atoms with Gasteiger partial charge in [0.25, 0.3) is 0 Å². The lowest BCUT2D eigenvalue weighted by atomic mass is 10.2. The predicted octanol–water partition coefficient (Wildman–Crippen LogP) is 4.10. The van der Waals surface area contributed by atoms with Crippen LogP contribution in [0.15, 0.2) is 46.6 Å². The number of hydrogen-bond donors (Lipinski definition) is 1. The normalized spacial score (nSPS) is 10.7. The maximum atomic E-state index is 5.85. The molecule has 0 spiro atoms. The van der Waals surface area contributed by atoms with Gasteiger partial charge in [-0.05, 0) is 19.1 Å². The highest BCUT2D eigenvalue weighted by atomic mass is 16.5. The second-order valence-electron chi connectivity index (χ2n) is 4.37. The van der Waals surface area contributed by atoms with E-state index < -0.39 is 0 Å². The van der Waals surface area contributed by atoms with Crippen molar-refractivity contribution in [3.63, 3.8) is 0 Å². The van der Waals surface area contributed by atoms with Gasteiger partial charge in [-0.3, -0.25) is 0 Å². The van der Waals surface area contributed by atoms with Gasteiger partial charge in [0, 0.05) is 12.1 Å². The molecule has 22 heavy (non-hydrogen) atoms. The first-order valence-corrected chi connectivity index (χ1v) is 6.84. The zero-order valence-electron chi connectivity index (χ0n) is 12.9. The van der Waals surface area contributed by atoms with Crippen molar-refractivity contribution >= 4 is 17.1 Å². The highest BCUT2D eigenvalue weighted by Crippen LogP contribution is 2.38. The second kappa shape index (κ2) is 7.31. The van der Waals surface area contributed by atoms with Crippen LogP contribution in [0.2, 0.25) is 0 Å². The molecule has 0 unspecified atom stereocenters. The first kappa shape index (κ1) is 15.6. The minimum absolute atomic E-state index is 0.480. The fourth-order valence-electron chi connectivity index (χ4n) is 1.91. The summed E-state index contributed by atoms with van der Waals surface area (Å²) in [5.41, 5.74) is 7.50. The quantitative estimate of drug-likeness (QED) is 0.643. The van der Waals surface area contributed by atoms with Gasteiger partial charge in [-0.1, -0.05) is 12.1 Å². The van der Waals surface area contributed by atoms with Crippen molar-refractivity contribution in [2.45, 2.75) is 6.92 Å². The smallest absolute Gasteiger partial charge is 0.148 e. The van der Waals surface area contributed by atoms with E-state index in [0.717, 1.165) is 0 Å². The number of methoxy groups -OCH3 is 2. The minimum Gasteiger partial charge on any atom is -0.495 e. The van der Waals surface area contributed by atoms with Crippen molar-refractivity contribution in [1.29, 1.82) is 0 Å². The molecule has 2 rings (SSSR count). The maximum Gasteiger partial charge on any atom is 0.148 e. The van der Waals surface area contributed by atoms with Crippen molar-refractivity contribution in [2.24, 2.45) is 10.2 Å². The Kier molecular flexibility index (Phi) is 5.19. The third kappa shape index (κ3) is 3.46. The van der Waals surface area contributed by atoms with Crippen molar-refractivity contribution in [1.82, 2.24) is 0 Å². The number of anilines is 1. The number of nitrogen functional groups attached to an aromatic ring is 1. The SMILES string of the molecule is CCOc1ccccc1N=Nc1cc(OC)c(N)cc1OC. The Labute approximate surface area is 129 Å². The van der Waals surface area contributed by atoms with E-state index in [-0.39, 0.29) is 0 Å². The van der Waals surface area contributed by atoms with E-state index in [2.05, 4.69) is 10.2 Å². The molecule has 0 aromatic heterocycles. The van der Waals surface area contributed by atoms with Crippen LogP contribution in [-0.4, -0.2) is 20.8 Å². The molecule has 0 saturated carbocycles. The summed E-state index contributed by atoms with van der Waals surface area (Å²) in [5, 5.41) is 8.46. The van der Waals surface area contributed by atoms with Crippen LogP contribution in [0.4, 0.5) is 17.1 Å². The average molecular weight is 301 g/mol. The van der Waals surface area contributed by atoms with E-state index in [4.69, 9.17) is 19.9 Å². The lowest BCUT2D eigenvalue weighted by molar-refractivity contribution is 0.341. The molecule has 6 nitrogen and oxygen atoms in total. The molecule has 2 aromatic carbocycles. The summed E-state index contributed by atoms with van der Waals surface area (Å²) in [6, 6.07) is 10.8. The number of rotatable bonds is 6. The summed E-state index contributed by atoms with van der Waals surface area (Å²) in [4.78, 5) is 0. The molecule has 0 atom stereocenters. The van der Waals surface area contributed by atoms with Crippen LogP contribution < -0.4 is 19.9 Å². The van der Waals surface area contributed by atoms with Gasteiger partial charge in [0.1, 0.15) is 28.6 Å². The molecule has 0 aliphatic heterocycles. The third-order valence-corrected chi connectivity index (χ3v) is 2.96. The standard InChI is InChI=1S/C16H19N3O3/c1-4-22-14-8-6-5-7-12(14)18-19-13-10-15(20-2)11(17)9-16(13)21-3/h5-10H,4,17H2,1-3H3. The molecule has 6 heteroatoms. The van der Waals surface area contributed by atoms with Crippen LogP contribution in [0, 0.1) is 0 Å². The molecule has 0 heterocycles. The maximum absolute atomic E-state index is 5.85. The van der Waals surface area contributed by atoms with Crippen LogP contribution in [0.3, 0.4) is 0 Å². The largest absolute Gasteiger partial charge is 0.495 e. The Morgan fingerprint density at radius 3 is 2.27 bits per heavy atom. The lowest BCUT2D eigenvalue weighted by Gasteiger charge is -2.09. The van der Waals surface area contributed by atoms with Gasteiger partial charge in [-0.2, -0.15) is 0 Å². The highest BCUT2D eigenvalue weighted by Gasteiger charge is 2.09. The predicted molar refractivity (Wildman–Crippen MR) is 85.7 cm³/mol. The summed E-state index contributed by atoms with van der Waals surface area (Å²) in [6.07, 6.45) is 0. The van der Waals surface area contributed by atoms with Gasteiger partial charge in [0.2, 0.25) is 0 Å². The molecule has 2 N–H and O–H groups in total. The first-order chi connectivity index (χ1) is 10.7. The summed E-state index contributed by atoms with van der Waals surface area (Å²) in [7, 11) is 3.10.